The summed E-state index contributed by atoms with van der Waals surface area (Å²) in [5, 5.41) is 1.03. The number of halogens is 1. The van der Waals surface area contributed by atoms with Crippen LogP contribution in [0.25, 0.3) is 10.9 Å². The van der Waals surface area contributed by atoms with Gasteiger partial charge in [-0.3, -0.25) is 9.59 Å². The van der Waals surface area contributed by atoms with Crippen LogP contribution < -0.4 is 5.56 Å². The number of benzene rings is 2. The van der Waals surface area contributed by atoms with Crippen molar-refractivity contribution < 1.29 is 4.79 Å². The Labute approximate surface area is 154 Å². The fraction of sp³-hybridized carbons (Fsp3) is 0.211. The van der Waals surface area contributed by atoms with Gasteiger partial charge in [-0.1, -0.05) is 54.6 Å². The highest BCUT2D eigenvalue weighted by Crippen LogP contribution is 2.24. The Morgan fingerprint density at radius 2 is 1.96 bits per heavy atom. The normalized spacial score (nSPS) is 12.3. The summed E-state index contributed by atoms with van der Waals surface area (Å²) in [6, 6.07) is 12.5. The Kier molecular flexibility index (Phi) is 5.25. The van der Waals surface area contributed by atoms with Crippen molar-refractivity contribution in [2.24, 2.45) is 0 Å². The van der Waals surface area contributed by atoms with Crippen LogP contribution in [0, 0.1) is 0 Å². The molecule has 0 aliphatic heterocycles. The molecule has 0 bridgehead atoms. The van der Waals surface area contributed by atoms with Gasteiger partial charge in [-0.05, 0) is 37.1 Å². The Bertz CT molecular complexity index is 983. The molecule has 3 rings (SSSR count). The molecule has 0 saturated heterocycles. The Hall–Kier alpha value is -2.11. The fourth-order valence-corrected chi connectivity index (χ4v) is 3.55. The summed E-state index contributed by atoms with van der Waals surface area (Å²) in [7, 11) is 0. The first-order valence-electron chi connectivity index (χ1n) is 7.97. The SMILES string of the molecule is CCc1ccc(C(=O)[C@@H](C)Sc2nc3cc(Cl)ccc3c(=O)[nH]2)cc1. The smallest absolute Gasteiger partial charge is 0.259 e. The van der Waals surface area contributed by atoms with Gasteiger partial charge in [0.25, 0.3) is 5.56 Å². The molecule has 128 valence electrons. The van der Waals surface area contributed by atoms with E-state index in [1.807, 2.05) is 31.2 Å². The lowest BCUT2D eigenvalue weighted by Gasteiger charge is -2.10. The highest BCUT2D eigenvalue weighted by atomic mass is 35.5. The molecule has 1 N–H and O–H groups in total. The molecule has 0 saturated carbocycles. The highest BCUT2D eigenvalue weighted by molar-refractivity contribution is 8.00. The van der Waals surface area contributed by atoms with E-state index >= 15 is 0 Å². The average Bonchev–Trinajstić information content (AvgIpc) is 2.60. The molecule has 25 heavy (non-hydrogen) atoms. The highest BCUT2D eigenvalue weighted by Gasteiger charge is 2.18. The lowest BCUT2D eigenvalue weighted by atomic mass is 10.1. The van der Waals surface area contributed by atoms with Crippen molar-refractivity contribution in [2.45, 2.75) is 30.7 Å². The molecule has 3 aromatic rings. The Balaban J connectivity index is 1.84. The minimum Gasteiger partial charge on any atom is -0.301 e. The first-order valence-corrected chi connectivity index (χ1v) is 9.23. The lowest BCUT2D eigenvalue weighted by Crippen LogP contribution is -2.16. The third kappa shape index (κ3) is 3.94. The van der Waals surface area contributed by atoms with Crippen molar-refractivity contribution in [3.63, 3.8) is 0 Å². The predicted molar refractivity (Wildman–Crippen MR) is 103 cm³/mol. The van der Waals surface area contributed by atoms with E-state index in [0.29, 0.717) is 26.6 Å². The van der Waals surface area contributed by atoms with Gasteiger partial charge in [-0.15, -0.1) is 0 Å². The molecule has 0 fully saturated rings. The maximum Gasteiger partial charge on any atom is 0.259 e. The number of nitrogens with one attached hydrogen (secondary N) is 1. The number of ketones is 1. The molecule has 0 aliphatic carbocycles. The zero-order valence-corrected chi connectivity index (χ0v) is 15.4. The zero-order valence-electron chi connectivity index (χ0n) is 13.9. The van der Waals surface area contributed by atoms with Gasteiger partial charge in [0, 0.05) is 10.6 Å². The van der Waals surface area contributed by atoms with Crippen LogP contribution in [0.2, 0.25) is 5.02 Å². The van der Waals surface area contributed by atoms with Crippen LogP contribution in [0.1, 0.15) is 29.8 Å². The van der Waals surface area contributed by atoms with Crippen LogP contribution >= 0.6 is 23.4 Å². The van der Waals surface area contributed by atoms with Crippen LogP contribution in [0.4, 0.5) is 0 Å². The van der Waals surface area contributed by atoms with E-state index in [1.54, 1.807) is 18.2 Å². The first kappa shape index (κ1) is 17.7. The van der Waals surface area contributed by atoms with Crippen molar-refractivity contribution in [3.05, 3.63) is 69.0 Å². The van der Waals surface area contributed by atoms with Crippen molar-refractivity contribution in [1.29, 1.82) is 0 Å². The van der Waals surface area contributed by atoms with Gasteiger partial charge in [0.2, 0.25) is 0 Å². The monoisotopic (exact) mass is 372 g/mol. The number of thioether (sulfide) groups is 1. The van der Waals surface area contributed by atoms with Gasteiger partial charge < -0.3 is 4.98 Å². The molecule has 6 heteroatoms. The average molecular weight is 373 g/mol. The van der Waals surface area contributed by atoms with E-state index in [9.17, 15) is 9.59 Å². The second-order valence-electron chi connectivity index (χ2n) is 5.71. The lowest BCUT2D eigenvalue weighted by molar-refractivity contribution is 0.0994. The summed E-state index contributed by atoms with van der Waals surface area (Å²) >= 11 is 7.20. The van der Waals surface area contributed by atoms with Gasteiger partial charge in [-0.2, -0.15) is 0 Å². The van der Waals surface area contributed by atoms with Crippen LogP contribution in [0.15, 0.2) is 52.4 Å². The molecule has 1 aromatic heterocycles. The van der Waals surface area contributed by atoms with E-state index in [-0.39, 0.29) is 16.6 Å². The molecule has 0 unspecified atom stereocenters. The number of aromatic amines is 1. The fourth-order valence-electron chi connectivity index (χ4n) is 2.51. The van der Waals surface area contributed by atoms with Gasteiger partial charge in [0.1, 0.15) is 0 Å². The molecule has 2 aromatic carbocycles. The standard InChI is InChI=1S/C19H17ClN2O2S/c1-3-12-4-6-13(7-5-12)17(23)11(2)25-19-21-16-10-14(20)8-9-15(16)18(24)22-19/h4-11H,3H2,1-2H3,(H,21,22,24)/t11-/m1/s1. The summed E-state index contributed by atoms with van der Waals surface area (Å²) in [6.07, 6.45) is 0.934. The molecule has 1 heterocycles. The van der Waals surface area contributed by atoms with Crippen molar-refractivity contribution in [1.82, 2.24) is 9.97 Å². The van der Waals surface area contributed by atoms with E-state index < -0.39 is 0 Å². The molecule has 4 nitrogen and oxygen atoms in total. The second-order valence-corrected chi connectivity index (χ2v) is 7.47. The first-order chi connectivity index (χ1) is 12.0. The number of aromatic nitrogens is 2. The van der Waals surface area contributed by atoms with Crippen molar-refractivity contribution in [2.75, 3.05) is 0 Å². The molecule has 0 aliphatic rings. The zero-order chi connectivity index (χ0) is 18.0. The van der Waals surface area contributed by atoms with Gasteiger partial charge in [0.05, 0.1) is 16.2 Å². The van der Waals surface area contributed by atoms with E-state index in [4.69, 9.17) is 11.6 Å². The maximum absolute atomic E-state index is 12.6. The van der Waals surface area contributed by atoms with E-state index in [1.165, 1.54) is 17.3 Å². The maximum atomic E-state index is 12.6. The van der Waals surface area contributed by atoms with Gasteiger partial charge in [0.15, 0.2) is 10.9 Å². The summed E-state index contributed by atoms with van der Waals surface area (Å²) < 4.78 is 0. The third-order valence-corrected chi connectivity index (χ3v) is 5.17. The number of Topliss-reactive ketones (excluding diaryl/α,β-unsaturated/α-hetero) is 1. The minimum absolute atomic E-state index is 0.00138. The number of hydrogen-bond acceptors (Lipinski definition) is 4. The quantitative estimate of drug-likeness (QED) is 0.407. The third-order valence-electron chi connectivity index (χ3n) is 3.95. The number of nitrogens with zero attached hydrogens (tertiary/aromatic N) is 1. The van der Waals surface area contributed by atoms with Crippen LogP contribution in [-0.2, 0) is 6.42 Å². The van der Waals surface area contributed by atoms with Gasteiger partial charge in [-0.25, -0.2) is 4.98 Å². The van der Waals surface area contributed by atoms with Crippen molar-refractivity contribution in [3.8, 4) is 0 Å². The summed E-state index contributed by atoms with van der Waals surface area (Å²) in [5.41, 5.74) is 2.12. The second kappa shape index (κ2) is 7.42. The topological polar surface area (TPSA) is 62.8 Å². The summed E-state index contributed by atoms with van der Waals surface area (Å²) in [6.45, 7) is 3.88. The molecular weight excluding hydrogens is 356 g/mol. The Morgan fingerprint density at radius 1 is 1.24 bits per heavy atom. The number of carbonyl (C=O) groups excluding carboxylic acids is 1. The number of aryl methyl sites for hydroxylation is 1. The number of carbonyl (C=O) groups is 1. The molecule has 0 amide bonds. The number of hydrogen-bond donors (Lipinski definition) is 1. The Morgan fingerprint density at radius 3 is 2.64 bits per heavy atom. The molecule has 0 spiro atoms. The van der Waals surface area contributed by atoms with Crippen molar-refractivity contribution >= 4 is 40.0 Å². The van der Waals surface area contributed by atoms with Gasteiger partial charge >= 0.3 is 0 Å². The molecule has 1 atom stereocenters. The van der Waals surface area contributed by atoms with Crippen LogP contribution in [0.5, 0.6) is 0 Å². The van der Waals surface area contributed by atoms with E-state index in [0.717, 1.165) is 6.42 Å². The summed E-state index contributed by atoms with van der Waals surface area (Å²) in [4.78, 5) is 31.9. The number of H-pyrrole nitrogens is 1. The minimum atomic E-state index is -0.368. The molecular formula is C19H17ClN2O2S. The number of fused-ring (bicyclic) bond motifs is 1. The van der Waals surface area contributed by atoms with Crippen LogP contribution in [-0.4, -0.2) is 21.0 Å². The van der Waals surface area contributed by atoms with E-state index in [2.05, 4.69) is 16.9 Å². The molecule has 0 radical (unpaired) electrons. The van der Waals surface area contributed by atoms with Crippen LogP contribution in [0.3, 0.4) is 0 Å². The number of rotatable bonds is 5. The largest absolute Gasteiger partial charge is 0.301 e. The predicted octanol–water partition coefficient (Wildman–Crippen LogP) is 4.50. The summed E-state index contributed by atoms with van der Waals surface area (Å²) in [5.74, 6) is 0.00138.